The van der Waals surface area contributed by atoms with Crippen LogP contribution in [-0.2, 0) is 0 Å². The Kier molecular flexibility index (Phi) is 5.40. The molecule has 0 N–H and O–H groups in total. The molecule has 0 aliphatic carbocycles. The smallest absolute Gasteiger partial charge is 0.130 e. The van der Waals surface area contributed by atoms with Gasteiger partial charge in [-0.15, -0.1) is 0 Å². The molecule has 1 heterocycles. The molecule has 2 nitrogen and oxygen atoms in total. The molecule has 0 spiro atoms. The maximum Gasteiger partial charge on any atom is 0.130 e. The molecule has 1 aromatic carbocycles. The Balaban J connectivity index is 2.22. The Morgan fingerprint density at radius 1 is 1.37 bits per heavy atom. The van der Waals surface area contributed by atoms with E-state index in [1.807, 2.05) is 18.2 Å². The number of hydrogen-bond donors (Lipinski definition) is 0. The fourth-order valence-corrected chi connectivity index (χ4v) is 2.91. The summed E-state index contributed by atoms with van der Waals surface area (Å²) in [4.78, 5) is 3.17. The molecule has 0 atom stereocenters. The van der Waals surface area contributed by atoms with Gasteiger partial charge >= 0.3 is 0 Å². The number of nitrogens with zero attached hydrogens (tertiary/aromatic N) is 1. The van der Waals surface area contributed by atoms with Gasteiger partial charge in [0.2, 0.25) is 0 Å². The Bertz CT molecular complexity index is 469. The summed E-state index contributed by atoms with van der Waals surface area (Å²) < 4.78 is 6.72. The van der Waals surface area contributed by atoms with E-state index >= 15 is 0 Å². The van der Waals surface area contributed by atoms with Crippen molar-refractivity contribution in [3.8, 4) is 5.75 Å². The number of rotatable bonds is 4. The first-order chi connectivity index (χ1) is 9.22. The van der Waals surface area contributed by atoms with Crippen LogP contribution in [0, 0.1) is 0 Å². The Morgan fingerprint density at radius 3 is 2.79 bits per heavy atom. The molecule has 0 unspecified atom stereocenters. The molecular formula is C15H18BrNOS. The minimum atomic E-state index is 0.497. The Morgan fingerprint density at radius 2 is 2.11 bits per heavy atom. The Labute approximate surface area is 128 Å². The van der Waals surface area contributed by atoms with Crippen molar-refractivity contribution in [1.29, 1.82) is 0 Å². The second-order valence-electron chi connectivity index (χ2n) is 4.59. The van der Waals surface area contributed by atoms with Crippen molar-refractivity contribution < 1.29 is 4.74 Å². The van der Waals surface area contributed by atoms with Gasteiger partial charge in [0.15, 0.2) is 0 Å². The first-order valence-electron chi connectivity index (χ1n) is 6.55. The van der Waals surface area contributed by atoms with Crippen LogP contribution >= 0.6 is 28.1 Å². The van der Waals surface area contributed by atoms with E-state index < -0.39 is 0 Å². The van der Waals surface area contributed by atoms with Crippen molar-refractivity contribution >= 4 is 33.1 Å². The molecule has 1 fully saturated rings. The zero-order valence-corrected chi connectivity index (χ0v) is 13.3. The van der Waals surface area contributed by atoms with E-state index in [1.165, 1.54) is 19.3 Å². The summed E-state index contributed by atoms with van der Waals surface area (Å²) >= 11 is 9.14. The van der Waals surface area contributed by atoms with Gasteiger partial charge in [-0.25, -0.2) is 0 Å². The summed E-state index contributed by atoms with van der Waals surface area (Å²) in [5.74, 6) is 0.832. The van der Waals surface area contributed by atoms with Crippen LogP contribution in [-0.4, -0.2) is 29.6 Å². The van der Waals surface area contributed by atoms with E-state index in [0.717, 1.165) is 33.9 Å². The van der Waals surface area contributed by atoms with Crippen LogP contribution in [0.3, 0.4) is 0 Å². The Hall–Kier alpha value is -0.870. The average molecular weight is 340 g/mol. The molecule has 1 aliphatic heterocycles. The highest BCUT2D eigenvalue weighted by Crippen LogP contribution is 2.26. The lowest BCUT2D eigenvalue weighted by atomic mass is 10.1. The third-order valence-corrected chi connectivity index (χ3v) is 4.14. The first kappa shape index (κ1) is 14.5. The molecule has 0 bridgehead atoms. The standard InChI is InChI=1S/C15H18BrNOS/c1-2-10-18-14-7-6-12(16)11-13(14)15(19)17-8-4-3-5-9-17/h2,6-7,11H,1,3-5,8-10H2. The molecule has 19 heavy (non-hydrogen) atoms. The molecule has 4 heteroatoms. The predicted octanol–water partition coefficient (Wildman–Crippen LogP) is 4.18. The van der Waals surface area contributed by atoms with Crippen LogP contribution < -0.4 is 4.74 Å². The van der Waals surface area contributed by atoms with Crippen molar-refractivity contribution in [2.24, 2.45) is 0 Å². The summed E-state index contributed by atoms with van der Waals surface area (Å²) in [5, 5.41) is 0. The van der Waals surface area contributed by atoms with Gasteiger partial charge in [0.25, 0.3) is 0 Å². The zero-order chi connectivity index (χ0) is 13.7. The fourth-order valence-electron chi connectivity index (χ4n) is 2.21. The number of halogens is 1. The molecule has 1 aromatic rings. The van der Waals surface area contributed by atoms with Gasteiger partial charge in [-0.3, -0.25) is 0 Å². The van der Waals surface area contributed by atoms with E-state index in [9.17, 15) is 0 Å². The SMILES string of the molecule is C=CCOc1ccc(Br)cc1C(=S)N1CCCCC1. The first-order valence-corrected chi connectivity index (χ1v) is 7.75. The lowest BCUT2D eigenvalue weighted by Crippen LogP contribution is -2.35. The number of benzene rings is 1. The van der Waals surface area contributed by atoms with Gasteiger partial charge in [-0.05, 0) is 37.5 Å². The van der Waals surface area contributed by atoms with Crippen molar-refractivity contribution in [2.45, 2.75) is 19.3 Å². The average Bonchev–Trinajstić information content (AvgIpc) is 2.46. The number of ether oxygens (including phenoxy) is 1. The summed E-state index contributed by atoms with van der Waals surface area (Å²) in [5.41, 5.74) is 0.994. The van der Waals surface area contributed by atoms with E-state index in [1.54, 1.807) is 6.08 Å². The van der Waals surface area contributed by atoms with Gasteiger partial charge in [-0.1, -0.05) is 40.8 Å². The van der Waals surface area contributed by atoms with E-state index in [4.69, 9.17) is 17.0 Å². The van der Waals surface area contributed by atoms with E-state index in [-0.39, 0.29) is 0 Å². The van der Waals surface area contributed by atoms with Gasteiger partial charge < -0.3 is 9.64 Å². The van der Waals surface area contributed by atoms with Gasteiger partial charge in [0, 0.05) is 17.6 Å². The van der Waals surface area contributed by atoms with Crippen molar-refractivity contribution in [2.75, 3.05) is 19.7 Å². The second kappa shape index (κ2) is 7.06. The summed E-state index contributed by atoms with van der Waals surface area (Å²) in [7, 11) is 0. The van der Waals surface area contributed by atoms with Crippen LogP contribution in [0.25, 0.3) is 0 Å². The number of likely N-dealkylation sites (tertiary alicyclic amines) is 1. The molecule has 0 amide bonds. The van der Waals surface area contributed by atoms with Crippen LogP contribution in [0.4, 0.5) is 0 Å². The minimum absolute atomic E-state index is 0.497. The topological polar surface area (TPSA) is 12.5 Å². The van der Waals surface area contributed by atoms with Crippen molar-refractivity contribution in [1.82, 2.24) is 4.90 Å². The molecular weight excluding hydrogens is 322 g/mol. The van der Waals surface area contributed by atoms with Crippen LogP contribution in [0.2, 0.25) is 0 Å². The zero-order valence-electron chi connectivity index (χ0n) is 10.9. The van der Waals surface area contributed by atoms with E-state index in [0.29, 0.717) is 6.61 Å². The van der Waals surface area contributed by atoms with Crippen molar-refractivity contribution in [3.63, 3.8) is 0 Å². The maximum absolute atomic E-state index is 5.70. The predicted molar refractivity (Wildman–Crippen MR) is 87.0 cm³/mol. The number of hydrogen-bond acceptors (Lipinski definition) is 2. The van der Waals surface area contributed by atoms with Crippen LogP contribution in [0.1, 0.15) is 24.8 Å². The normalized spacial score (nSPS) is 15.1. The fraction of sp³-hybridized carbons (Fsp3) is 0.400. The molecule has 0 saturated carbocycles. The third-order valence-electron chi connectivity index (χ3n) is 3.17. The van der Waals surface area contributed by atoms with Gasteiger partial charge in [0.1, 0.15) is 17.3 Å². The number of thiocarbonyl (C=S) groups is 1. The lowest BCUT2D eigenvalue weighted by Gasteiger charge is -2.30. The summed E-state index contributed by atoms with van der Waals surface area (Å²) in [6.45, 7) is 6.27. The molecule has 102 valence electrons. The van der Waals surface area contributed by atoms with Gasteiger partial charge in [0.05, 0.1) is 5.56 Å². The highest BCUT2D eigenvalue weighted by atomic mass is 79.9. The largest absolute Gasteiger partial charge is 0.489 e. The lowest BCUT2D eigenvalue weighted by molar-refractivity contribution is 0.341. The van der Waals surface area contributed by atoms with Crippen LogP contribution in [0.15, 0.2) is 35.3 Å². The summed E-state index contributed by atoms with van der Waals surface area (Å²) in [6.07, 6.45) is 5.49. The molecule has 0 aromatic heterocycles. The van der Waals surface area contributed by atoms with E-state index in [2.05, 4.69) is 27.4 Å². The molecule has 2 rings (SSSR count). The monoisotopic (exact) mass is 339 g/mol. The third kappa shape index (κ3) is 3.80. The van der Waals surface area contributed by atoms with Gasteiger partial charge in [-0.2, -0.15) is 0 Å². The molecule has 1 saturated heterocycles. The minimum Gasteiger partial charge on any atom is -0.489 e. The second-order valence-corrected chi connectivity index (χ2v) is 5.90. The highest BCUT2D eigenvalue weighted by molar-refractivity contribution is 9.10. The quantitative estimate of drug-likeness (QED) is 0.603. The van der Waals surface area contributed by atoms with Crippen LogP contribution in [0.5, 0.6) is 5.75 Å². The van der Waals surface area contributed by atoms with Crippen molar-refractivity contribution in [3.05, 3.63) is 40.9 Å². The molecule has 1 aliphatic rings. The highest BCUT2D eigenvalue weighted by Gasteiger charge is 2.18. The maximum atomic E-state index is 5.70. The number of piperidine rings is 1. The molecule has 0 radical (unpaired) electrons. The summed E-state index contributed by atoms with van der Waals surface area (Å²) in [6, 6.07) is 5.97.